The molecule has 0 aliphatic heterocycles. The number of aromatic nitrogens is 2. The minimum Gasteiger partial charge on any atom is -0.458 e. The van der Waals surface area contributed by atoms with Gasteiger partial charge in [-0.3, -0.25) is 0 Å². The first-order chi connectivity index (χ1) is 10.1. The maximum atomic E-state index is 11.7. The SMILES string of the molecule is C=CCOC(=O)c1ccc(-n2nc(C)c(CC)c2C)cc1. The van der Waals surface area contributed by atoms with Gasteiger partial charge in [0.1, 0.15) is 6.61 Å². The number of carbonyl (C=O) groups is 1. The van der Waals surface area contributed by atoms with Gasteiger partial charge in [0.15, 0.2) is 0 Å². The second kappa shape index (κ2) is 6.39. The Hall–Kier alpha value is -2.36. The molecule has 21 heavy (non-hydrogen) atoms. The van der Waals surface area contributed by atoms with Crippen LogP contribution in [0.2, 0.25) is 0 Å². The van der Waals surface area contributed by atoms with Gasteiger partial charge in [0.25, 0.3) is 0 Å². The van der Waals surface area contributed by atoms with Crippen molar-refractivity contribution in [2.75, 3.05) is 6.61 Å². The maximum absolute atomic E-state index is 11.7. The van der Waals surface area contributed by atoms with E-state index in [9.17, 15) is 4.79 Å². The lowest BCUT2D eigenvalue weighted by Crippen LogP contribution is -2.06. The van der Waals surface area contributed by atoms with Crippen molar-refractivity contribution >= 4 is 5.97 Å². The van der Waals surface area contributed by atoms with Gasteiger partial charge in [0.2, 0.25) is 0 Å². The van der Waals surface area contributed by atoms with E-state index in [1.807, 2.05) is 23.7 Å². The third-order valence-corrected chi connectivity index (χ3v) is 3.47. The second-order valence-corrected chi connectivity index (χ2v) is 4.85. The van der Waals surface area contributed by atoms with Crippen LogP contribution in [0.1, 0.15) is 34.2 Å². The first-order valence-electron chi connectivity index (χ1n) is 7.02. The number of nitrogens with zero attached hydrogens (tertiary/aromatic N) is 2. The number of benzene rings is 1. The third kappa shape index (κ3) is 3.05. The van der Waals surface area contributed by atoms with Crippen LogP contribution in [0, 0.1) is 13.8 Å². The lowest BCUT2D eigenvalue weighted by Gasteiger charge is -2.06. The van der Waals surface area contributed by atoms with Crippen LogP contribution in [0.5, 0.6) is 0 Å². The predicted molar refractivity (Wildman–Crippen MR) is 82.9 cm³/mol. The Morgan fingerprint density at radius 2 is 2.00 bits per heavy atom. The normalized spacial score (nSPS) is 10.4. The van der Waals surface area contributed by atoms with Gasteiger partial charge >= 0.3 is 5.97 Å². The van der Waals surface area contributed by atoms with E-state index in [2.05, 4.69) is 25.5 Å². The number of carbonyl (C=O) groups excluding carboxylic acids is 1. The van der Waals surface area contributed by atoms with Crippen molar-refractivity contribution in [1.82, 2.24) is 9.78 Å². The number of hydrogen-bond acceptors (Lipinski definition) is 3. The highest BCUT2D eigenvalue weighted by molar-refractivity contribution is 5.89. The van der Waals surface area contributed by atoms with Crippen LogP contribution in [0.3, 0.4) is 0 Å². The summed E-state index contributed by atoms with van der Waals surface area (Å²) in [5.41, 5.74) is 4.92. The highest BCUT2D eigenvalue weighted by atomic mass is 16.5. The zero-order valence-corrected chi connectivity index (χ0v) is 12.7. The molecule has 0 unspecified atom stereocenters. The lowest BCUT2D eigenvalue weighted by molar-refractivity contribution is 0.0550. The van der Waals surface area contributed by atoms with E-state index in [0.717, 1.165) is 23.5 Å². The minimum atomic E-state index is -0.343. The van der Waals surface area contributed by atoms with Crippen molar-refractivity contribution in [3.8, 4) is 5.69 Å². The first kappa shape index (κ1) is 15.0. The largest absolute Gasteiger partial charge is 0.458 e. The molecule has 0 aliphatic rings. The van der Waals surface area contributed by atoms with E-state index >= 15 is 0 Å². The molecule has 2 aromatic rings. The fourth-order valence-corrected chi connectivity index (χ4v) is 2.39. The molecule has 0 radical (unpaired) electrons. The summed E-state index contributed by atoms with van der Waals surface area (Å²) in [4.78, 5) is 11.7. The molecule has 1 aromatic heterocycles. The van der Waals surface area contributed by atoms with Crippen molar-refractivity contribution in [2.45, 2.75) is 27.2 Å². The highest BCUT2D eigenvalue weighted by Crippen LogP contribution is 2.18. The van der Waals surface area contributed by atoms with Gasteiger partial charge in [-0.25, -0.2) is 9.48 Å². The molecule has 2 rings (SSSR count). The molecule has 110 valence electrons. The fourth-order valence-electron chi connectivity index (χ4n) is 2.39. The second-order valence-electron chi connectivity index (χ2n) is 4.85. The van der Waals surface area contributed by atoms with E-state index in [4.69, 9.17) is 4.74 Å². The molecular weight excluding hydrogens is 264 g/mol. The highest BCUT2D eigenvalue weighted by Gasteiger charge is 2.12. The van der Waals surface area contributed by atoms with Gasteiger partial charge in [-0.1, -0.05) is 19.6 Å². The molecule has 1 aromatic carbocycles. The van der Waals surface area contributed by atoms with Crippen LogP contribution in [-0.4, -0.2) is 22.4 Å². The molecular formula is C17H20N2O2. The quantitative estimate of drug-likeness (QED) is 0.624. The van der Waals surface area contributed by atoms with Crippen LogP contribution >= 0.6 is 0 Å². The van der Waals surface area contributed by atoms with Crippen LogP contribution in [0.15, 0.2) is 36.9 Å². The van der Waals surface area contributed by atoms with Crippen LogP contribution in [0.4, 0.5) is 0 Å². The summed E-state index contributed by atoms with van der Waals surface area (Å²) in [5, 5.41) is 4.56. The molecule has 4 heteroatoms. The standard InChI is InChI=1S/C17H20N2O2/c1-5-11-21-17(20)14-7-9-15(10-8-14)19-13(4)16(6-2)12(3)18-19/h5,7-10H,1,6,11H2,2-4H3. The summed E-state index contributed by atoms with van der Waals surface area (Å²) in [6, 6.07) is 7.26. The van der Waals surface area contributed by atoms with Crippen LogP contribution in [-0.2, 0) is 11.2 Å². The van der Waals surface area contributed by atoms with Crippen molar-refractivity contribution in [1.29, 1.82) is 0 Å². The van der Waals surface area contributed by atoms with E-state index < -0.39 is 0 Å². The Kier molecular flexibility index (Phi) is 4.58. The summed E-state index contributed by atoms with van der Waals surface area (Å²) in [6.07, 6.45) is 2.51. The molecule has 0 bridgehead atoms. The summed E-state index contributed by atoms with van der Waals surface area (Å²) < 4.78 is 6.92. The topological polar surface area (TPSA) is 44.1 Å². The Morgan fingerprint density at radius 1 is 1.33 bits per heavy atom. The molecule has 0 saturated heterocycles. The van der Waals surface area contributed by atoms with Gasteiger partial charge in [-0.2, -0.15) is 5.10 Å². The van der Waals surface area contributed by atoms with Crippen LogP contribution < -0.4 is 0 Å². The molecule has 1 heterocycles. The van der Waals surface area contributed by atoms with Crippen molar-refractivity contribution < 1.29 is 9.53 Å². The van der Waals surface area contributed by atoms with Crippen molar-refractivity contribution in [2.24, 2.45) is 0 Å². The Balaban J connectivity index is 2.27. The summed E-state index contributed by atoms with van der Waals surface area (Å²) in [7, 11) is 0. The minimum absolute atomic E-state index is 0.220. The number of aryl methyl sites for hydroxylation is 1. The van der Waals surface area contributed by atoms with E-state index in [1.165, 1.54) is 5.56 Å². The zero-order valence-electron chi connectivity index (χ0n) is 12.7. The van der Waals surface area contributed by atoms with Gasteiger partial charge in [-0.15, -0.1) is 0 Å². The average molecular weight is 284 g/mol. The van der Waals surface area contributed by atoms with Crippen molar-refractivity contribution in [3.63, 3.8) is 0 Å². The van der Waals surface area contributed by atoms with E-state index in [-0.39, 0.29) is 12.6 Å². The molecule has 0 saturated carbocycles. The maximum Gasteiger partial charge on any atom is 0.338 e. The molecule has 0 amide bonds. The third-order valence-electron chi connectivity index (χ3n) is 3.47. The van der Waals surface area contributed by atoms with Gasteiger partial charge in [0, 0.05) is 5.69 Å². The average Bonchev–Trinajstić information content (AvgIpc) is 2.79. The predicted octanol–water partition coefficient (Wildman–Crippen LogP) is 3.39. The Labute approximate surface area is 125 Å². The smallest absolute Gasteiger partial charge is 0.338 e. The van der Waals surface area contributed by atoms with Gasteiger partial charge in [-0.05, 0) is 50.1 Å². The number of ether oxygens (including phenoxy) is 1. The summed E-state index contributed by atoms with van der Waals surface area (Å²) in [6.45, 7) is 9.94. The fraction of sp³-hybridized carbons (Fsp3) is 0.294. The number of hydrogen-bond donors (Lipinski definition) is 0. The molecule has 0 fully saturated rings. The van der Waals surface area contributed by atoms with E-state index in [1.54, 1.807) is 18.2 Å². The van der Waals surface area contributed by atoms with Crippen LogP contribution in [0.25, 0.3) is 5.69 Å². The lowest BCUT2D eigenvalue weighted by atomic mass is 10.1. The van der Waals surface area contributed by atoms with Gasteiger partial charge < -0.3 is 4.74 Å². The zero-order chi connectivity index (χ0) is 15.4. The molecule has 0 spiro atoms. The summed E-state index contributed by atoms with van der Waals surface area (Å²) in [5.74, 6) is -0.343. The Bertz CT molecular complexity index is 654. The number of rotatable bonds is 5. The molecule has 0 N–H and O–H groups in total. The van der Waals surface area contributed by atoms with Crippen molar-refractivity contribution in [3.05, 3.63) is 59.4 Å². The number of esters is 1. The molecule has 0 atom stereocenters. The van der Waals surface area contributed by atoms with Gasteiger partial charge in [0.05, 0.1) is 16.9 Å². The monoisotopic (exact) mass is 284 g/mol. The molecule has 4 nitrogen and oxygen atoms in total. The molecule has 0 aliphatic carbocycles. The summed E-state index contributed by atoms with van der Waals surface area (Å²) >= 11 is 0. The Morgan fingerprint density at radius 3 is 2.52 bits per heavy atom. The first-order valence-corrected chi connectivity index (χ1v) is 7.02. The van der Waals surface area contributed by atoms with E-state index in [0.29, 0.717) is 5.56 Å².